The van der Waals surface area contributed by atoms with E-state index < -0.39 is 5.82 Å². The van der Waals surface area contributed by atoms with Gasteiger partial charge in [-0.15, -0.1) is 0 Å². The van der Waals surface area contributed by atoms with Crippen LogP contribution in [0.1, 0.15) is 38.1 Å². The van der Waals surface area contributed by atoms with Crippen molar-refractivity contribution in [2.75, 3.05) is 0 Å². The Balaban J connectivity index is 2.20. The molecule has 1 aromatic heterocycles. The van der Waals surface area contributed by atoms with Gasteiger partial charge in [-0.1, -0.05) is 36.5 Å². The Morgan fingerprint density at radius 3 is 2.95 bits per heavy atom. The van der Waals surface area contributed by atoms with E-state index in [2.05, 4.69) is 17.1 Å². The van der Waals surface area contributed by atoms with E-state index >= 15 is 0 Å². The smallest absolute Gasteiger partial charge is 0.243 e. The molecule has 0 aliphatic carbocycles. The lowest BCUT2D eigenvalue weighted by molar-refractivity contribution is 0.346. The van der Waals surface area contributed by atoms with Gasteiger partial charge in [-0.3, -0.25) is 0 Å². The summed E-state index contributed by atoms with van der Waals surface area (Å²) < 4.78 is 18.1. The zero-order chi connectivity index (χ0) is 13.8. The summed E-state index contributed by atoms with van der Waals surface area (Å²) in [6, 6.07) is 3.75. The van der Waals surface area contributed by atoms with E-state index in [0.29, 0.717) is 17.3 Å². The summed E-state index contributed by atoms with van der Waals surface area (Å²) in [6.07, 6.45) is 2.84. The van der Waals surface area contributed by atoms with Crippen LogP contribution in [-0.2, 0) is 0 Å². The monoisotopic (exact) mass is 283 g/mol. The van der Waals surface area contributed by atoms with Crippen molar-refractivity contribution in [3.63, 3.8) is 0 Å². The van der Waals surface area contributed by atoms with Crippen molar-refractivity contribution in [2.45, 2.75) is 32.2 Å². The van der Waals surface area contributed by atoms with Crippen molar-refractivity contribution in [1.29, 1.82) is 0 Å². The lowest BCUT2D eigenvalue weighted by Crippen LogP contribution is -2.10. The highest BCUT2D eigenvalue weighted by atomic mass is 35.5. The van der Waals surface area contributed by atoms with E-state index in [0.717, 1.165) is 19.3 Å². The average molecular weight is 284 g/mol. The molecule has 4 nitrogen and oxygen atoms in total. The lowest BCUT2D eigenvalue weighted by Gasteiger charge is -2.03. The quantitative estimate of drug-likeness (QED) is 0.908. The predicted octanol–water partition coefficient (Wildman–Crippen LogP) is 3.72. The second-order valence-electron chi connectivity index (χ2n) is 4.33. The van der Waals surface area contributed by atoms with Gasteiger partial charge in [0.1, 0.15) is 5.82 Å². The number of aromatic nitrogens is 2. The summed E-state index contributed by atoms with van der Waals surface area (Å²) in [6.45, 7) is 2.09. The van der Waals surface area contributed by atoms with Gasteiger partial charge in [0.15, 0.2) is 0 Å². The average Bonchev–Trinajstić information content (AvgIpc) is 2.85. The van der Waals surface area contributed by atoms with E-state index in [9.17, 15) is 4.39 Å². The van der Waals surface area contributed by atoms with Gasteiger partial charge in [0.2, 0.25) is 11.7 Å². The molecule has 2 N–H and O–H groups in total. The molecule has 0 saturated carbocycles. The summed E-state index contributed by atoms with van der Waals surface area (Å²) in [4.78, 5) is 4.21. The van der Waals surface area contributed by atoms with E-state index in [4.69, 9.17) is 21.9 Å². The molecule has 0 radical (unpaired) electrons. The van der Waals surface area contributed by atoms with E-state index in [1.165, 1.54) is 18.2 Å². The van der Waals surface area contributed by atoms with Crippen molar-refractivity contribution >= 4 is 11.6 Å². The molecule has 1 heterocycles. The fourth-order valence-electron chi connectivity index (χ4n) is 1.71. The number of nitrogens with zero attached hydrogens (tertiary/aromatic N) is 2. The summed E-state index contributed by atoms with van der Waals surface area (Å²) in [5.41, 5.74) is 6.47. The van der Waals surface area contributed by atoms with Crippen LogP contribution in [0.25, 0.3) is 11.4 Å². The Morgan fingerprint density at radius 1 is 1.47 bits per heavy atom. The highest BCUT2D eigenvalue weighted by Crippen LogP contribution is 2.27. The second kappa shape index (κ2) is 6.12. The second-order valence-corrected chi connectivity index (χ2v) is 4.74. The summed E-state index contributed by atoms with van der Waals surface area (Å²) in [5.74, 6) is 0.299. The SMILES string of the molecule is CCCCC(N)c1nc(-c2ccc(F)cc2Cl)no1. The highest BCUT2D eigenvalue weighted by molar-refractivity contribution is 6.33. The van der Waals surface area contributed by atoms with Gasteiger partial charge in [-0.2, -0.15) is 4.98 Å². The van der Waals surface area contributed by atoms with Crippen LogP contribution in [0.2, 0.25) is 5.02 Å². The zero-order valence-corrected chi connectivity index (χ0v) is 11.3. The molecule has 0 saturated heterocycles. The standard InChI is InChI=1S/C13H15ClFN3O/c1-2-3-4-11(16)13-17-12(18-19-13)9-6-5-8(15)7-10(9)14/h5-7,11H,2-4,16H2,1H3. The van der Waals surface area contributed by atoms with Crippen molar-refractivity contribution < 1.29 is 8.91 Å². The van der Waals surface area contributed by atoms with Crippen LogP contribution >= 0.6 is 11.6 Å². The third-order valence-corrected chi connectivity index (χ3v) is 3.11. The molecule has 0 amide bonds. The van der Waals surface area contributed by atoms with Crippen LogP contribution < -0.4 is 5.73 Å². The summed E-state index contributed by atoms with van der Waals surface area (Å²) >= 11 is 5.94. The first-order chi connectivity index (χ1) is 9.11. The number of nitrogens with two attached hydrogens (primary N) is 1. The highest BCUT2D eigenvalue weighted by Gasteiger charge is 2.16. The normalized spacial score (nSPS) is 12.6. The van der Waals surface area contributed by atoms with Gasteiger partial charge < -0.3 is 10.3 Å². The minimum Gasteiger partial charge on any atom is -0.337 e. The predicted molar refractivity (Wildman–Crippen MR) is 71.2 cm³/mol. The van der Waals surface area contributed by atoms with Crippen molar-refractivity contribution in [1.82, 2.24) is 10.1 Å². The molecule has 2 rings (SSSR count). The molecule has 0 aliphatic rings. The zero-order valence-electron chi connectivity index (χ0n) is 10.6. The molecule has 2 aromatic rings. The number of hydrogen-bond donors (Lipinski definition) is 1. The largest absolute Gasteiger partial charge is 0.337 e. The van der Waals surface area contributed by atoms with Crippen molar-refractivity contribution in [2.24, 2.45) is 5.73 Å². The van der Waals surface area contributed by atoms with Gasteiger partial charge in [-0.05, 0) is 24.6 Å². The fraction of sp³-hybridized carbons (Fsp3) is 0.385. The topological polar surface area (TPSA) is 64.9 Å². The molecule has 1 aromatic carbocycles. The summed E-state index contributed by atoms with van der Waals surface area (Å²) in [7, 11) is 0. The van der Waals surface area contributed by atoms with Gasteiger partial charge in [-0.25, -0.2) is 4.39 Å². The van der Waals surface area contributed by atoms with Gasteiger partial charge in [0.25, 0.3) is 0 Å². The van der Waals surface area contributed by atoms with Gasteiger partial charge in [0, 0.05) is 5.56 Å². The fourth-order valence-corrected chi connectivity index (χ4v) is 1.97. The molecule has 0 fully saturated rings. The van der Waals surface area contributed by atoms with Crippen LogP contribution in [0.4, 0.5) is 4.39 Å². The van der Waals surface area contributed by atoms with E-state index in [1.54, 1.807) is 0 Å². The molecule has 6 heteroatoms. The Bertz CT molecular complexity index is 559. The Kier molecular flexibility index (Phi) is 4.50. The van der Waals surface area contributed by atoms with Crippen LogP contribution in [0.5, 0.6) is 0 Å². The first-order valence-electron chi connectivity index (χ1n) is 6.16. The number of benzene rings is 1. The Hall–Kier alpha value is -1.46. The number of hydrogen-bond acceptors (Lipinski definition) is 4. The molecule has 0 aliphatic heterocycles. The minimum atomic E-state index is -0.405. The molecular weight excluding hydrogens is 269 g/mol. The van der Waals surface area contributed by atoms with Crippen LogP contribution in [0.15, 0.2) is 22.7 Å². The first-order valence-corrected chi connectivity index (χ1v) is 6.54. The molecule has 0 bridgehead atoms. The third-order valence-electron chi connectivity index (χ3n) is 2.80. The van der Waals surface area contributed by atoms with Crippen LogP contribution in [0, 0.1) is 5.82 Å². The maximum Gasteiger partial charge on any atom is 0.243 e. The Morgan fingerprint density at radius 2 is 2.26 bits per heavy atom. The summed E-state index contributed by atoms with van der Waals surface area (Å²) in [5, 5.41) is 4.08. The maximum absolute atomic E-state index is 13.0. The Labute approximate surface area is 115 Å². The molecule has 102 valence electrons. The minimum absolute atomic E-state index is 0.245. The maximum atomic E-state index is 13.0. The van der Waals surface area contributed by atoms with Gasteiger partial charge >= 0.3 is 0 Å². The molecule has 1 unspecified atom stereocenters. The van der Waals surface area contributed by atoms with Gasteiger partial charge in [0.05, 0.1) is 11.1 Å². The third kappa shape index (κ3) is 3.30. The van der Waals surface area contributed by atoms with Crippen LogP contribution in [0.3, 0.4) is 0 Å². The number of unbranched alkanes of at least 4 members (excludes halogenated alkanes) is 1. The molecule has 0 spiro atoms. The van der Waals surface area contributed by atoms with Crippen LogP contribution in [-0.4, -0.2) is 10.1 Å². The molecule has 19 heavy (non-hydrogen) atoms. The van der Waals surface area contributed by atoms with Crippen molar-refractivity contribution in [3.05, 3.63) is 34.9 Å². The number of rotatable bonds is 5. The molecular formula is C13H15ClFN3O. The van der Waals surface area contributed by atoms with E-state index in [1.807, 2.05) is 0 Å². The number of halogens is 2. The lowest BCUT2D eigenvalue weighted by atomic mass is 10.1. The first kappa shape index (κ1) is 14.0. The van der Waals surface area contributed by atoms with E-state index in [-0.39, 0.29) is 11.1 Å². The van der Waals surface area contributed by atoms with Crippen molar-refractivity contribution in [3.8, 4) is 11.4 Å². The molecule has 1 atom stereocenters.